The van der Waals surface area contributed by atoms with Crippen molar-refractivity contribution in [3.8, 4) is 0 Å². The highest BCUT2D eigenvalue weighted by Gasteiger charge is 2.16. The van der Waals surface area contributed by atoms with E-state index in [1.165, 1.54) is 19.2 Å². The van der Waals surface area contributed by atoms with Gasteiger partial charge in [0.25, 0.3) is 0 Å². The molecule has 0 bridgehead atoms. The van der Waals surface area contributed by atoms with Crippen molar-refractivity contribution in [2.45, 2.75) is 25.2 Å². The van der Waals surface area contributed by atoms with Crippen molar-refractivity contribution in [3.63, 3.8) is 0 Å². The third-order valence-electron chi connectivity index (χ3n) is 2.49. The molecule has 6 nitrogen and oxygen atoms in total. The van der Waals surface area contributed by atoms with Gasteiger partial charge < -0.3 is 0 Å². The van der Waals surface area contributed by atoms with Gasteiger partial charge in [0.15, 0.2) is 0 Å². The normalized spacial score (nSPS) is 12.4. The van der Waals surface area contributed by atoms with Crippen LogP contribution in [0.4, 0.5) is 5.69 Å². The van der Waals surface area contributed by atoms with Gasteiger partial charge in [-0.3, -0.25) is 4.72 Å². The van der Waals surface area contributed by atoms with E-state index in [1.54, 1.807) is 19.9 Å². The van der Waals surface area contributed by atoms with Crippen molar-refractivity contribution in [3.05, 3.63) is 23.8 Å². The van der Waals surface area contributed by atoms with Gasteiger partial charge in [0.05, 0.1) is 10.6 Å². The zero-order chi connectivity index (χ0) is 14.7. The Labute approximate surface area is 114 Å². The van der Waals surface area contributed by atoms with Crippen LogP contribution in [0.15, 0.2) is 23.1 Å². The fourth-order valence-electron chi connectivity index (χ4n) is 1.56. The predicted molar refractivity (Wildman–Crippen MR) is 75.1 cm³/mol. The monoisotopic (exact) mass is 306 g/mol. The lowest BCUT2D eigenvalue weighted by Crippen LogP contribution is -2.20. The molecule has 2 N–H and O–H groups in total. The van der Waals surface area contributed by atoms with Crippen LogP contribution < -0.4 is 9.44 Å². The molecule has 0 radical (unpaired) electrons. The van der Waals surface area contributed by atoms with Crippen LogP contribution in [-0.2, 0) is 20.0 Å². The van der Waals surface area contributed by atoms with Crippen LogP contribution >= 0.6 is 0 Å². The minimum Gasteiger partial charge on any atom is -0.284 e. The average molecular weight is 306 g/mol. The molecule has 0 saturated heterocycles. The van der Waals surface area contributed by atoms with Gasteiger partial charge in [-0.2, -0.15) is 0 Å². The van der Waals surface area contributed by atoms with Crippen molar-refractivity contribution in [2.75, 3.05) is 17.5 Å². The molecule has 8 heteroatoms. The number of aryl methyl sites for hydroxylation is 1. The second-order valence-electron chi connectivity index (χ2n) is 4.11. The summed E-state index contributed by atoms with van der Waals surface area (Å²) in [4.78, 5) is 0.0618. The SMILES string of the molecule is CCCS(=O)(=O)Nc1ccc(C)c(S(=O)(=O)NC)c1. The molecule has 0 saturated carbocycles. The molecule has 0 amide bonds. The van der Waals surface area contributed by atoms with E-state index in [0.29, 0.717) is 12.0 Å². The summed E-state index contributed by atoms with van der Waals surface area (Å²) in [6, 6.07) is 4.42. The summed E-state index contributed by atoms with van der Waals surface area (Å²) in [7, 11) is -5.73. The van der Waals surface area contributed by atoms with Gasteiger partial charge in [-0.25, -0.2) is 21.6 Å². The number of nitrogens with one attached hydrogen (secondary N) is 2. The Morgan fingerprint density at radius 2 is 1.79 bits per heavy atom. The summed E-state index contributed by atoms with van der Waals surface area (Å²) in [6.45, 7) is 3.40. The first-order valence-corrected chi connectivity index (χ1v) is 8.90. The van der Waals surface area contributed by atoms with Crippen LogP contribution in [0.25, 0.3) is 0 Å². The molecule has 0 unspecified atom stereocenters. The maximum absolute atomic E-state index is 11.8. The summed E-state index contributed by atoms with van der Waals surface area (Å²) in [5.74, 6) is -0.00497. The summed E-state index contributed by atoms with van der Waals surface area (Å²) in [6.07, 6.45) is 0.489. The second-order valence-corrected chi connectivity index (χ2v) is 7.81. The highest BCUT2D eigenvalue weighted by Crippen LogP contribution is 2.20. The fraction of sp³-hybridized carbons (Fsp3) is 0.455. The largest absolute Gasteiger partial charge is 0.284 e. The van der Waals surface area contributed by atoms with Crippen LogP contribution in [0.5, 0.6) is 0 Å². The molecule has 0 aliphatic carbocycles. The van der Waals surface area contributed by atoms with E-state index in [9.17, 15) is 16.8 Å². The van der Waals surface area contributed by atoms with Gasteiger partial charge in [0.1, 0.15) is 0 Å². The lowest BCUT2D eigenvalue weighted by molar-refractivity contribution is 0.587. The highest BCUT2D eigenvalue weighted by atomic mass is 32.2. The van der Waals surface area contributed by atoms with E-state index >= 15 is 0 Å². The average Bonchev–Trinajstić information content (AvgIpc) is 2.31. The van der Waals surface area contributed by atoms with E-state index in [4.69, 9.17) is 0 Å². The molecular weight excluding hydrogens is 288 g/mol. The third kappa shape index (κ3) is 4.19. The van der Waals surface area contributed by atoms with Gasteiger partial charge in [-0.15, -0.1) is 0 Å². The minimum absolute atomic E-state index is 0.00497. The number of hydrogen-bond donors (Lipinski definition) is 2. The lowest BCUT2D eigenvalue weighted by Gasteiger charge is -2.11. The highest BCUT2D eigenvalue weighted by molar-refractivity contribution is 7.92. The second kappa shape index (κ2) is 5.89. The molecule has 0 fully saturated rings. The van der Waals surface area contributed by atoms with Gasteiger partial charge in [-0.05, 0) is 38.1 Å². The Kier molecular flexibility index (Phi) is 4.94. The zero-order valence-electron chi connectivity index (χ0n) is 11.1. The summed E-state index contributed by atoms with van der Waals surface area (Å²) in [5, 5.41) is 0. The summed E-state index contributed by atoms with van der Waals surface area (Å²) < 4.78 is 51.4. The fourth-order valence-corrected chi connectivity index (χ4v) is 3.68. The van der Waals surface area contributed by atoms with E-state index in [-0.39, 0.29) is 16.3 Å². The first-order valence-electron chi connectivity index (χ1n) is 5.76. The van der Waals surface area contributed by atoms with Crippen molar-refractivity contribution < 1.29 is 16.8 Å². The first-order chi connectivity index (χ1) is 8.72. The van der Waals surface area contributed by atoms with Gasteiger partial charge in [0.2, 0.25) is 20.0 Å². The standard InChI is InChI=1S/C11H18N2O4S2/c1-4-7-18(14,15)13-10-6-5-9(2)11(8-10)19(16,17)12-3/h5-6,8,12-13H,4,7H2,1-3H3. The van der Waals surface area contributed by atoms with Crippen molar-refractivity contribution in [2.24, 2.45) is 0 Å². The smallest absolute Gasteiger partial charge is 0.240 e. The number of benzene rings is 1. The molecule has 1 aromatic carbocycles. The minimum atomic E-state index is -3.60. The number of hydrogen-bond acceptors (Lipinski definition) is 4. The molecular formula is C11H18N2O4S2. The molecule has 0 aliphatic rings. The Morgan fingerprint density at radius 3 is 2.32 bits per heavy atom. The maximum atomic E-state index is 11.8. The Hall–Kier alpha value is -1.12. The molecule has 0 aromatic heterocycles. The van der Waals surface area contributed by atoms with Crippen molar-refractivity contribution >= 4 is 25.7 Å². The molecule has 0 aliphatic heterocycles. The molecule has 19 heavy (non-hydrogen) atoms. The van der Waals surface area contributed by atoms with Gasteiger partial charge in [-0.1, -0.05) is 13.0 Å². The number of rotatable bonds is 6. The van der Waals surface area contributed by atoms with E-state index in [1.807, 2.05) is 0 Å². The molecule has 1 rings (SSSR count). The van der Waals surface area contributed by atoms with Gasteiger partial charge >= 0.3 is 0 Å². The van der Waals surface area contributed by atoms with E-state index in [0.717, 1.165) is 0 Å². The topological polar surface area (TPSA) is 92.3 Å². The van der Waals surface area contributed by atoms with Crippen LogP contribution in [0.2, 0.25) is 0 Å². The Balaban J connectivity index is 3.18. The zero-order valence-corrected chi connectivity index (χ0v) is 12.7. The molecule has 0 atom stereocenters. The molecule has 0 heterocycles. The summed E-state index contributed by atoms with van der Waals surface area (Å²) in [5.41, 5.74) is 0.792. The summed E-state index contributed by atoms with van der Waals surface area (Å²) >= 11 is 0. The first kappa shape index (κ1) is 15.9. The number of sulfonamides is 2. The van der Waals surface area contributed by atoms with Crippen LogP contribution in [0.1, 0.15) is 18.9 Å². The predicted octanol–water partition coefficient (Wildman–Crippen LogP) is 1.05. The van der Waals surface area contributed by atoms with Crippen LogP contribution in [-0.4, -0.2) is 29.6 Å². The maximum Gasteiger partial charge on any atom is 0.240 e. The van der Waals surface area contributed by atoms with E-state index < -0.39 is 20.0 Å². The lowest BCUT2D eigenvalue weighted by atomic mass is 10.2. The van der Waals surface area contributed by atoms with Crippen molar-refractivity contribution in [1.82, 2.24) is 4.72 Å². The van der Waals surface area contributed by atoms with Crippen LogP contribution in [0, 0.1) is 6.92 Å². The molecule has 1 aromatic rings. The Morgan fingerprint density at radius 1 is 1.16 bits per heavy atom. The number of anilines is 1. The molecule has 108 valence electrons. The quantitative estimate of drug-likeness (QED) is 0.822. The Bertz CT molecular complexity index is 651. The van der Waals surface area contributed by atoms with E-state index in [2.05, 4.69) is 9.44 Å². The van der Waals surface area contributed by atoms with Gasteiger partial charge in [0, 0.05) is 5.69 Å². The van der Waals surface area contributed by atoms with Crippen molar-refractivity contribution in [1.29, 1.82) is 0 Å². The van der Waals surface area contributed by atoms with Crippen LogP contribution in [0.3, 0.4) is 0 Å². The third-order valence-corrected chi connectivity index (χ3v) is 5.54. The molecule has 0 spiro atoms.